The molecular weight excluding hydrogens is 239 g/mol. The molecule has 16 heavy (non-hydrogen) atoms. The molecule has 0 aromatic heterocycles. The molecule has 0 aliphatic rings. The van der Waals surface area contributed by atoms with Crippen LogP contribution in [0.4, 0.5) is 4.79 Å². The highest BCUT2D eigenvalue weighted by molar-refractivity contribution is 7.53. The van der Waals surface area contributed by atoms with Crippen molar-refractivity contribution in [2.75, 3.05) is 40.4 Å². The minimum absolute atomic E-state index is 0.0803. The van der Waals surface area contributed by atoms with E-state index < -0.39 is 20.1 Å². The first kappa shape index (κ1) is 15.4. The molecule has 0 amide bonds. The summed E-state index contributed by atoms with van der Waals surface area (Å²) in [6.07, 6.45) is -1.41. The Morgan fingerprint density at radius 2 is 1.75 bits per heavy atom. The van der Waals surface area contributed by atoms with Crippen molar-refractivity contribution in [3.05, 3.63) is 0 Å². The summed E-state index contributed by atoms with van der Waals surface area (Å²) < 4.78 is 34.6. The number of carbonyl (C=O) groups is 1. The molecule has 0 saturated heterocycles. The van der Waals surface area contributed by atoms with Gasteiger partial charge in [0.2, 0.25) is 0 Å². The second kappa shape index (κ2) is 8.52. The summed E-state index contributed by atoms with van der Waals surface area (Å²) in [5.41, 5.74) is 0. The Morgan fingerprint density at radius 1 is 1.12 bits per heavy atom. The van der Waals surface area contributed by atoms with Gasteiger partial charge in [-0.3, -0.25) is 4.57 Å². The van der Waals surface area contributed by atoms with E-state index in [0.29, 0.717) is 6.61 Å². The second-order valence-electron chi connectivity index (χ2n) is 2.54. The molecule has 0 saturated carbocycles. The van der Waals surface area contributed by atoms with Crippen LogP contribution in [0.5, 0.6) is 0 Å². The first-order valence-corrected chi connectivity index (χ1v) is 6.38. The highest BCUT2D eigenvalue weighted by Gasteiger charge is 2.23. The van der Waals surface area contributed by atoms with Crippen LogP contribution in [0.1, 0.15) is 6.92 Å². The van der Waals surface area contributed by atoms with Gasteiger partial charge < -0.3 is 23.3 Å². The van der Waals surface area contributed by atoms with Crippen molar-refractivity contribution in [2.24, 2.45) is 0 Å². The molecule has 0 heterocycles. The van der Waals surface area contributed by atoms with Gasteiger partial charge in [-0.15, -0.1) is 0 Å². The predicted octanol–water partition coefficient (Wildman–Crippen LogP) is 1.62. The van der Waals surface area contributed by atoms with E-state index in [0.717, 1.165) is 0 Å². The lowest BCUT2D eigenvalue weighted by Crippen LogP contribution is -2.13. The third-order valence-corrected chi connectivity index (χ3v) is 3.11. The third-order valence-electron chi connectivity index (χ3n) is 1.55. The van der Waals surface area contributed by atoms with Crippen molar-refractivity contribution >= 4 is 13.8 Å². The minimum Gasteiger partial charge on any atom is -0.432 e. The van der Waals surface area contributed by atoms with Crippen LogP contribution in [-0.4, -0.2) is 46.5 Å². The second-order valence-corrected chi connectivity index (χ2v) is 4.76. The molecule has 0 unspecified atom stereocenters. The number of carbonyl (C=O) groups excluding carboxylic acids is 1. The standard InChI is InChI=1S/C8H17O7P/c1-4-13-5-6-14-8(9)15-7-16(10,11-2)12-3/h4-7H2,1-3H3. The number of hydrogen-bond donors (Lipinski definition) is 0. The molecule has 7 nitrogen and oxygen atoms in total. The van der Waals surface area contributed by atoms with E-state index in [9.17, 15) is 9.36 Å². The lowest BCUT2D eigenvalue weighted by atomic mass is 10.7. The average molecular weight is 256 g/mol. The molecule has 0 bridgehead atoms. The van der Waals surface area contributed by atoms with Crippen molar-refractivity contribution in [3.63, 3.8) is 0 Å². The summed E-state index contributed by atoms with van der Waals surface area (Å²) in [5, 5.41) is 0. The fraction of sp³-hybridized carbons (Fsp3) is 0.875. The van der Waals surface area contributed by atoms with Crippen LogP contribution in [0.25, 0.3) is 0 Å². The van der Waals surface area contributed by atoms with Gasteiger partial charge in [-0.1, -0.05) is 0 Å². The van der Waals surface area contributed by atoms with E-state index in [2.05, 4.69) is 18.5 Å². The van der Waals surface area contributed by atoms with Gasteiger partial charge >= 0.3 is 13.8 Å². The van der Waals surface area contributed by atoms with Gasteiger partial charge in [0, 0.05) is 20.8 Å². The van der Waals surface area contributed by atoms with Crippen molar-refractivity contribution in [1.29, 1.82) is 0 Å². The Balaban J connectivity index is 3.68. The van der Waals surface area contributed by atoms with Crippen molar-refractivity contribution in [2.45, 2.75) is 6.92 Å². The van der Waals surface area contributed by atoms with E-state index in [1.165, 1.54) is 14.2 Å². The molecule has 0 aromatic rings. The third kappa shape index (κ3) is 6.79. The van der Waals surface area contributed by atoms with Crippen molar-refractivity contribution in [1.82, 2.24) is 0 Å². The van der Waals surface area contributed by atoms with Gasteiger partial charge in [-0.25, -0.2) is 4.79 Å². The molecule has 0 atom stereocenters. The maximum absolute atomic E-state index is 11.4. The smallest absolute Gasteiger partial charge is 0.432 e. The van der Waals surface area contributed by atoms with Crippen molar-refractivity contribution < 1.29 is 32.6 Å². The Morgan fingerprint density at radius 3 is 2.25 bits per heavy atom. The lowest BCUT2D eigenvalue weighted by molar-refractivity contribution is 0.0341. The van der Waals surface area contributed by atoms with E-state index in [1.54, 1.807) is 0 Å². The van der Waals surface area contributed by atoms with E-state index in [1.807, 2.05) is 6.92 Å². The molecule has 8 heteroatoms. The Kier molecular flexibility index (Phi) is 8.19. The molecule has 0 rings (SSSR count). The molecular formula is C8H17O7P. The molecule has 0 aliphatic heterocycles. The minimum atomic E-state index is -3.33. The van der Waals surface area contributed by atoms with Gasteiger partial charge in [-0.2, -0.15) is 0 Å². The Bertz CT molecular complexity index is 235. The zero-order valence-electron chi connectivity index (χ0n) is 9.63. The molecule has 0 aromatic carbocycles. The first-order chi connectivity index (χ1) is 7.58. The van der Waals surface area contributed by atoms with Crippen LogP contribution in [0.15, 0.2) is 0 Å². The van der Waals surface area contributed by atoms with Crippen LogP contribution in [-0.2, 0) is 27.8 Å². The topological polar surface area (TPSA) is 80.3 Å². The van der Waals surface area contributed by atoms with Gasteiger partial charge in [0.05, 0.1) is 6.61 Å². The fourth-order valence-corrected chi connectivity index (χ4v) is 1.31. The summed E-state index contributed by atoms with van der Waals surface area (Å²) >= 11 is 0. The number of hydrogen-bond acceptors (Lipinski definition) is 7. The van der Waals surface area contributed by atoms with Crippen LogP contribution in [0.2, 0.25) is 0 Å². The SMILES string of the molecule is CCOCCOC(=O)OCP(=O)(OC)OC. The average Bonchev–Trinajstić information content (AvgIpc) is 2.31. The molecule has 96 valence electrons. The predicted molar refractivity (Wildman–Crippen MR) is 55.4 cm³/mol. The highest BCUT2D eigenvalue weighted by Crippen LogP contribution is 2.46. The van der Waals surface area contributed by atoms with Gasteiger partial charge in [0.25, 0.3) is 0 Å². The monoisotopic (exact) mass is 256 g/mol. The summed E-state index contributed by atoms with van der Waals surface area (Å²) in [7, 11) is -0.929. The van der Waals surface area contributed by atoms with E-state index in [4.69, 9.17) is 4.74 Å². The van der Waals surface area contributed by atoms with Crippen molar-refractivity contribution in [3.8, 4) is 0 Å². The Labute approximate surface area is 94.5 Å². The van der Waals surface area contributed by atoms with Crippen LogP contribution >= 0.6 is 7.60 Å². The maximum atomic E-state index is 11.4. The van der Waals surface area contributed by atoms with Gasteiger partial charge in [0.15, 0.2) is 6.35 Å². The quantitative estimate of drug-likeness (QED) is 0.371. The lowest BCUT2D eigenvalue weighted by Gasteiger charge is -2.13. The first-order valence-electron chi connectivity index (χ1n) is 4.65. The molecule has 0 spiro atoms. The summed E-state index contributed by atoms with van der Waals surface area (Å²) in [5.74, 6) is 0. The summed E-state index contributed by atoms with van der Waals surface area (Å²) in [4.78, 5) is 11.0. The normalized spacial score (nSPS) is 11.2. The Hall–Kier alpha value is -0.620. The number of rotatable bonds is 8. The number of ether oxygens (including phenoxy) is 3. The van der Waals surface area contributed by atoms with Gasteiger partial charge in [-0.05, 0) is 6.92 Å². The van der Waals surface area contributed by atoms with Crippen LogP contribution in [0.3, 0.4) is 0 Å². The molecule has 0 fully saturated rings. The largest absolute Gasteiger partial charge is 0.508 e. The molecule has 0 aliphatic carbocycles. The zero-order chi connectivity index (χ0) is 12.4. The van der Waals surface area contributed by atoms with Crippen LogP contribution < -0.4 is 0 Å². The molecule has 0 radical (unpaired) electrons. The molecule has 0 N–H and O–H groups in total. The van der Waals surface area contributed by atoms with Crippen LogP contribution in [0, 0.1) is 0 Å². The highest BCUT2D eigenvalue weighted by atomic mass is 31.2. The van der Waals surface area contributed by atoms with E-state index in [-0.39, 0.29) is 13.2 Å². The zero-order valence-corrected chi connectivity index (χ0v) is 10.5. The maximum Gasteiger partial charge on any atom is 0.508 e. The van der Waals surface area contributed by atoms with E-state index >= 15 is 0 Å². The fourth-order valence-electron chi connectivity index (χ4n) is 0.682. The summed E-state index contributed by atoms with van der Waals surface area (Å²) in [6.45, 7) is 2.74. The summed E-state index contributed by atoms with van der Waals surface area (Å²) in [6, 6.07) is 0. The van der Waals surface area contributed by atoms with Gasteiger partial charge in [0.1, 0.15) is 6.61 Å².